The van der Waals surface area contributed by atoms with Crippen molar-refractivity contribution in [1.82, 2.24) is 10.1 Å². The largest absolute Gasteiger partial charge is 0.335 e. The fourth-order valence-corrected chi connectivity index (χ4v) is 2.68. The maximum Gasteiger partial charge on any atom is 0.335 e. The first-order valence-electron chi connectivity index (χ1n) is 6.31. The number of anilines is 1. The molecule has 1 aromatic rings. The third-order valence-electron chi connectivity index (χ3n) is 3.88. The highest BCUT2D eigenvalue weighted by atomic mass is 16.5. The van der Waals surface area contributed by atoms with Crippen molar-refractivity contribution < 1.29 is 4.52 Å². The lowest BCUT2D eigenvalue weighted by Crippen LogP contribution is -2.25. The lowest BCUT2D eigenvalue weighted by molar-refractivity contribution is 0.166. The summed E-state index contributed by atoms with van der Waals surface area (Å²) in [5, 5.41) is 3.97. The zero-order chi connectivity index (χ0) is 12.5. The minimum absolute atomic E-state index is 0.304. The molecule has 1 fully saturated rings. The van der Waals surface area contributed by atoms with Crippen molar-refractivity contribution in [2.75, 3.05) is 5.43 Å². The molecule has 96 valence electrons. The van der Waals surface area contributed by atoms with Gasteiger partial charge in [0.2, 0.25) is 0 Å². The van der Waals surface area contributed by atoms with Crippen LogP contribution in [-0.2, 0) is 0 Å². The first kappa shape index (κ1) is 12.4. The first-order chi connectivity index (χ1) is 8.00. The van der Waals surface area contributed by atoms with Crippen molar-refractivity contribution in [3.05, 3.63) is 5.82 Å². The summed E-state index contributed by atoms with van der Waals surface area (Å²) in [7, 11) is 0. The van der Waals surface area contributed by atoms with Gasteiger partial charge in [0.05, 0.1) is 0 Å². The fourth-order valence-electron chi connectivity index (χ4n) is 2.68. The molecule has 0 radical (unpaired) electrons. The zero-order valence-electron chi connectivity index (χ0n) is 10.9. The van der Waals surface area contributed by atoms with Gasteiger partial charge in [0, 0.05) is 5.92 Å². The number of nitrogen functional groups attached to an aromatic ring is 1. The zero-order valence-corrected chi connectivity index (χ0v) is 10.9. The van der Waals surface area contributed by atoms with Gasteiger partial charge in [-0.2, -0.15) is 4.98 Å². The van der Waals surface area contributed by atoms with Crippen molar-refractivity contribution in [2.24, 2.45) is 17.2 Å². The Balaban J connectivity index is 1.95. The molecule has 0 aliphatic heterocycles. The molecular formula is C12H22N4O. The second-order valence-corrected chi connectivity index (χ2v) is 6.02. The third-order valence-corrected chi connectivity index (χ3v) is 3.88. The standard InChI is InChI=1S/C12H22N4O/c1-12(2,3)9-6-4-8(5-7-9)10-14-11(15-13)17-16-10/h8-9H,4-7,13H2,1-3H3,(H,14,15,16). The van der Waals surface area contributed by atoms with Gasteiger partial charge in [-0.25, -0.2) is 5.84 Å². The Morgan fingerprint density at radius 1 is 1.24 bits per heavy atom. The number of hydrogen-bond acceptors (Lipinski definition) is 5. The van der Waals surface area contributed by atoms with Crippen molar-refractivity contribution in [2.45, 2.75) is 52.4 Å². The molecule has 5 heteroatoms. The molecule has 1 saturated carbocycles. The van der Waals surface area contributed by atoms with Crippen LogP contribution in [0.5, 0.6) is 0 Å². The molecule has 0 atom stereocenters. The predicted octanol–water partition coefficient (Wildman–Crippen LogP) is 2.68. The highest BCUT2D eigenvalue weighted by Crippen LogP contribution is 2.42. The molecule has 0 aromatic carbocycles. The summed E-state index contributed by atoms with van der Waals surface area (Å²) in [5.74, 6) is 7.26. The van der Waals surface area contributed by atoms with E-state index in [0.717, 1.165) is 24.6 Å². The summed E-state index contributed by atoms with van der Waals surface area (Å²) in [5.41, 5.74) is 2.79. The molecule has 0 unspecified atom stereocenters. The summed E-state index contributed by atoms with van der Waals surface area (Å²) >= 11 is 0. The Morgan fingerprint density at radius 3 is 2.35 bits per heavy atom. The summed E-state index contributed by atoms with van der Waals surface area (Å²) in [6.45, 7) is 6.97. The predicted molar refractivity (Wildman–Crippen MR) is 66.3 cm³/mol. The Morgan fingerprint density at radius 2 is 1.88 bits per heavy atom. The monoisotopic (exact) mass is 238 g/mol. The molecule has 5 nitrogen and oxygen atoms in total. The van der Waals surface area contributed by atoms with Crippen molar-refractivity contribution in [3.8, 4) is 0 Å². The molecule has 1 aliphatic carbocycles. The topological polar surface area (TPSA) is 77.0 Å². The van der Waals surface area contributed by atoms with E-state index in [1.165, 1.54) is 12.8 Å². The van der Waals surface area contributed by atoms with Gasteiger partial charge in [-0.1, -0.05) is 25.9 Å². The van der Waals surface area contributed by atoms with E-state index >= 15 is 0 Å². The summed E-state index contributed by atoms with van der Waals surface area (Å²) < 4.78 is 4.96. The van der Waals surface area contributed by atoms with Crippen LogP contribution < -0.4 is 11.3 Å². The van der Waals surface area contributed by atoms with Crippen LogP contribution >= 0.6 is 0 Å². The molecule has 1 aromatic heterocycles. The van der Waals surface area contributed by atoms with E-state index in [4.69, 9.17) is 10.4 Å². The van der Waals surface area contributed by atoms with Crippen LogP contribution in [0.4, 0.5) is 6.01 Å². The van der Waals surface area contributed by atoms with Gasteiger partial charge in [0.15, 0.2) is 5.82 Å². The average Bonchev–Trinajstić information content (AvgIpc) is 2.76. The second kappa shape index (κ2) is 4.64. The smallest absolute Gasteiger partial charge is 0.314 e. The van der Waals surface area contributed by atoms with Gasteiger partial charge in [-0.3, -0.25) is 5.43 Å². The number of nitrogens with two attached hydrogens (primary N) is 1. The normalized spacial score (nSPS) is 25.9. The Hall–Kier alpha value is -1.10. The van der Waals surface area contributed by atoms with Crippen LogP contribution in [0.25, 0.3) is 0 Å². The molecule has 1 aliphatic rings. The van der Waals surface area contributed by atoms with Crippen LogP contribution in [0.1, 0.15) is 58.2 Å². The van der Waals surface area contributed by atoms with Crippen LogP contribution in [0.15, 0.2) is 4.52 Å². The van der Waals surface area contributed by atoms with Gasteiger partial charge < -0.3 is 4.52 Å². The lowest BCUT2D eigenvalue weighted by Gasteiger charge is -2.36. The molecule has 2 rings (SSSR count). The van der Waals surface area contributed by atoms with Crippen LogP contribution in [0, 0.1) is 11.3 Å². The molecule has 0 bridgehead atoms. The molecular weight excluding hydrogens is 216 g/mol. The Kier molecular flexibility index (Phi) is 3.38. The van der Waals surface area contributed by atoms with Gasteiger partial charge in [0.1, 0.15) is 0 Å². The van der Waals surface area contributed by atoms with Gasteiger partial charge >= 0.3 is 6.01 Å². The highest BCUT2D eigenvalue weighted by molar-refractivity contribution is 5.16. The van der Waals surface area contributed by atoms with E-state index in [-0.39, 0.29) is 0 Å². The number of hydrazine groups is 1. The van der Waals surface area contributed by atoms with Crippen molar-refractivity contribution in [3.63, 3.8) is 0 Å². The average molecular weight is 238 g/mol. The number of aromatic nitrogens is 2. The van der Waals surface area contributed by atoms with Gasteiger partial charge in [-0.15, -0.1) is 0 Å². The quantitative estimate of drug-likeness (QED) is 0.612. The van der Waals surface area contributed by atoms with E-state index in [0.29, 0.717) is 17.3 Å². The third kappa shape index (κ3) is 2.77. The maximum absolute atomic E-state index is 5.23. The van der Waals surface area contributed by atoms with Crippen molar-refractivity contribution in [1.29, 1.82) is 0 Å². The van der Waals surface area contributed by atoms with Crippen LogP contribution in [-0.4, -0.2) is 10.1 Å². The summed E-state index contributed by atoms with van der Waals surface area (Å²) in [4.78, 5) is 4.23. The van der Waals surface area contributed by atoms with E-state index in [1.54, 1.807) is 0 Å². The highest BCUT2D eigenvalue weighted by Gasteiger charge is 2.31. The van der Waals surface area contributed by atoms with Crippen LogP contribution in [0.2, 0.25) is 0 Å². The van der Waals surface area contributed by atoms with Crippen LogP contribution in [0.3, 0.4) is 0 Å². The molecule has 3 N–H and O–H groups in total. The number of nitrogens with zero attached hydrogens (tertiary/aromatic N) is 2. The molecule has 0 spiro atoms. The Labute approximate surface area is 102 Å². The Bertz CT molecular complexity index is 361. The first-order valence-corrected chi connectivity index (χ1v) is 6.31. The van der Waals surface area contributed by atoms with Crippen molar-refractivity contribution >= 4 is 6.01 Å². The maximum atomic E-state index is 5.23. The minimum atomic E-state index is 0.304. The fraction of sp³-hybridized carbons (Fsp3) is 0.833. The van der Waals surface area contributed by atoms with E-state index in [1.807, 2.05) is 0 Å². The van der Waals surface area contributed by atoms with Gasteiger partial charge in [-0.05, 0) is 37.0 Å². The van der Waals surface area contributed by atoms with E-state index < -0.39 is 0 Å². The number of rotatable bonds is 2. The van der Waals surface area contributed by atoms with Gasteiger partial charge in [0.25, 0.3) is 0 Å². The number of nitrogens with one attached hydrogen (secondary N) is 1. The molecule has 17 heavy (non-hydrogen) atoms. The number of hydrogen-bond donors (Lipinski definition) is 2. The minimum Gasteiger partial charge on any atom is -0.314 e. The van der Waals surface area contributed by atoms with E-state index in [9.17, 15) is 0 Å². The second-order valence-electron chi connectivity index (χ2n) is 6.02. The SMILES string of the molecule is CC(C)(C)C1CCC(c2noc(NN)n2)CC1. The van der Waals surface area contributed by atoms with E-state index in [2.05, 4.69) is 36.3 Å². The molecule has 1 heterocycles. The summed E-state index contributed by atoms with van der Waals surface area (Å²) in [6.07, 6.45) is 4.78. The molecule has 0 saturated heterocycles. The molecule has 0 amide bonds. The lowest BCUT2D eigenvalue weighted by atomic mass is 9.70. The summed E-state index contributed by atoms with van der Waals surface area (Å²) in [6, 6.07) is 0.304.